The number of aromatic nitrogens is 2. The Labute approximate surface area is 211 Å². The molecule has 1 aliphatic heterocycles. The van der Waals surface area contributed by atoms with Crippen molar-refractivity contribution in [2.75, 3.05) is 22.7 Å². The van der Waals surface area contributed by atoms with Gasteiger partial charge in [0.1, 0.15) is 0 Å². The summed E-state index contributed by atoms with van der Waals surface area (Å²) in [4.78, 5) is 37.3. The average Bonchev–Trinajstić information content (AvgIpc) is 2.98. The molecule has 0 aliphatic carbocycles. The third-order valence-corrected chi connectivity index (χ3v) is 7.88. The zero-order valence-corrected chi connectivity index (χ0v) is 20.4. The Morgan fingerprint density at radius 3 is 2.35 bits per heavy atom. The SMILES string of the molecule is CN1c2ccc(-n3cc(OC(=O)O)c(=O)n(Cc4cccc(C(F)(F)F)c4Cl)c3=O)cc2N(C)S1(=O)=O. The van der Waals surface area contributed by atoms with E-state index in [0.717, 1.165) is 31.5 Å². The zero-order chi connectivity index (χ0) is 27.4. The molecule has 0 spiro atoms. The molecule has 4 rings (SSSR count). The largest absolute Gasteiger partial charge is 0.511 e. The number of carboxylic acid groups (broad SMARTS) is 1. The summed E-state index contributed by atoms with van der Waals surface area (Å²) in [5.41, 5.74) is -3.27. The Morgan fingerprint density at radius 2 is 1.73 bits per heavy atom. The zero-order valence-electron chi connectivity index (χ0n) is 18.9. The molecule has 3 aromatic rings. The molecule has 37 heavy (non-hydrogen) atoms. The maximum Gasteiger partial charge on any atom is 0.511 e. The van der Waals surface area contributed by atoms with E-state index in [1.165, 1.54) is 38.4 Å². The van der Waals surface area contributed by atoms with Crippen molar-refractivity contribution in [3.8, 4) is 11.4 Å². The van der Waals surface area contributed by atoms with Gasteiger partial charge in [-0.15, -0.1) is 0 Å². The van der Waals surface area contributed by atoms with Gasteiger partial charge < -0.3 is 9.84 Å². The van der Waals surface area contributed by atoms with Gasteiger partial charge in [0.05, 0.1) is 40.4 Å². The van der Waals surface area contributed by atoms with Gasteiger partial charge in [-0.1, -0.05) is 23.7 Å². The Morgan fingerprint density at radius 1 is 1.08 bits per heavy atom. The highest BCUT2D eigenvalue weighted by molar-refractivity contribution is 7.94. The molecule has 1 N–H and O–H groups in total. The van der Waals surface area contributed by atoms with Crippen LogP contribution in [-0.2, 0) is 22.9 Å². The monoisotopic (exact) mass is 560 g/mol. The van der Waals surface area contributed by atoms with Gasteiger partial charge in [0.15, 0.2) is 0 Å². The van der Waals surface area contributed by atoms with Gasteiger partial charge in [-0.25, -0.2) is 9.59 Å². The van der Waals surface area contributed by atoms with Crippen molar-refractivity contribution in [1.82, 2.24) is 9.13 Å². The van der Waals surface area contributed by atoms with Crippen molar-refractivity contribution in [2.24, 2.45) is 0 Å². The lowest BCUT2D eigenvalue weighted by molar-refractivity contribution is -0.137. The Bertz CT molecular complexity index is 1670. The molecule has 0 radical (unpaired) electrons. The molecular weight excluding hydrogens is 545 g/mol. The minimum absolute atomic E-state index is 0.0141. The van der Waals surface area contributed by atoms with E-state index in [1.807, 2.05) is 0 Å². The smallest absolute Gasteiger partial charge is 0.449 e. The molecule has 0 fully saturated rings. The molecule has 196 valence electrons. The second kappa shape index (κ2) is 8.85. The van der Waals surface area contributed by atoms with E-state index in [0.29, 0.717) is 4.57 Å². The number of benzene rings is 2. The number of carbonyl (C=O) groups is 1. The maximum absolute atomic E-state index is 13.3. The molecule has 11 nitrogen and oxygen atoms in total. The van der Waals surface area contributed by atoms with Gasteiger partial charge >= 0.3 is 28.2 Å². The number of ether oxygens (including phenoxy) is 1. The molecule has 0 saturated heterocycles. The second-order valence-corrected chi connectivity index (χ2v) is 10.2. The molecule has 2 aromatic carbocycles. The van der Waals surface area contributed by atoms with Crippen LogP contribution in [0.15, 0.2) is 52.2 Å². The van der Waals surface area contributed by atoms with Crippen molar-refractivity contribution in [3.05, 3.63) is 79.6 Å². The van der Waals surface area contributed by atoms with E-state index in [-0.39, 0.29) is 22.6 Å². The number of hydrogen-bond acceptors (Lipinski definition) is 6. The van der Waals surface area contributed by atoms with Crippen LogP contribution in [0.4, 0.5) is 29.3 Å². The maximum atomic E-state index is 13.3. The molecular formula is C21H16ClF3N4O7S. The van der Waals surface area contributed by atoms with E-state index in [1.54, 1.807) is 0 Å². The molecule has 16 heteroatoms. The molecule has 1 aliphatic rings. The highest BCUT2D eigenvalue weighted by atomic mass is 35.5. The minimum Gasteiger partial charge on any atom is -0.449 e. The minimum atomic E-state index is -4.81. The van der Waals surface area contributed by atoms with Gasteiger partial charge in [0.25, 0.3) is 5.56 Å². The van der Waals surface area contributed by atoms with E-state index in [9.17, 15) is 36.0 Å². The fraction of sp³-hybridized carbons (Fsp3) is 0.190. The van der Waals surface area contributed by atoms with Crippen molar-refractivity contribution in [2.45, 2.75) is 12.7 Å². The van der Waals surface area contributed by atoms with Crippen LogP contribution in [0.5, 0.6) is 5.75 Å². The van der Waals surface area contributed by atoms with Gasteiger partial charge in [-0.05, 0) is 29.8 Å². The molecule has 0 bridgehead atoms. The first-order valence-corrected chi connectivity index (χ1v) is 11.9. The number of nitrogens with zero attached hydrogens (tertiary/aromatic N) is 4. The summed E-state index contributed by atoms with van der Waals surface area (Å²) in [6, 6.07) is 6.95. The summed E-state index contributed by atoms with van der Waals surface area (Å²) in [7, 11) is -1.26. The molecule has 0 atom stereocenters. The summed E-state index contributed by atoms with van der Waals surface area (Å²) in [6.45, 7) is -0.751. The van der Waals surface area contributed by atoms with E-state index >= 15 is 0 Å². The number of rotatable bonds is 4. The van der Waals surface area contributed by atoms with Gasteiger partial charge in [-0.2, -0.15) is 21.6 Å². The van der Waals surface area contributed by atoms with Crippen molar-refractivity contribution < 1.29 is 36.2 Å². The quantitative estimate of drug-likeness (QED) is 0.485. The number of anilines is 2. The van der Waals surface area contributed by atoms with Crippen LogP contribution in [0.3, 0.4) is 0 Å². The molecule has 1 aromatic heterocycles. The standard InChI is InChI=1S/C21H16ClF3N4O7S/c1-26-14-7-6-12(8-15(14)27(2)37(26,34)35)28-10-16(36-20(32)33)18(30)29(19(28)31)9-11-4-3-5-13(17(11)22)21(23,24)25/h3-8,10H,9H2,1-2H3,(H,32,33). The number of hydrogen-bond donors (Lipinski definition) is 1. The average molecular weight is 561 g/mol. The highest BCUT2D eigenvalue weighted by Crippen LogP contribution is 2.40. The first-order chi connectivity index (χ1) is 17.1. The van der Waals surface area contributed by atoms with Crippen LogP contribution in [0.2, 0.25) is 5.02 Å². The number of fused-ring (bicyclic) bond motifs is 1. The lowest BCUT2D eigenvalue weighted by Gasteiger charge is -2.16. The fourth-order valence-corrected chi connectivity index (χ4v) is 5.23. The van der Waals surface area contributed by atoms with Gasteiger partial charge in [-0.3, -0.25) is 22.5 Å². The highest BCUT2D eigenvalue weighted by Gasteiger charge is 2.36. The Hall–Kier alpha value is -3.98. The van der Waals surface area contributed by atoms with Crippen molar-refractivity contribution >= 4 is 39.3 Å². The van der Waals surface area contributed by atoms with Crippen LogP contribution in [-0.4, -0.2) is 42.9 Å². The Balaban J connectivity index is 1.92. The second-order valence-electron chi connectivity index (χ2n) is 7.80. The first kappa shape index (κ1) is 26.1. The summed E-state index contributed by atoms with van der Waals surface area (Å²) in [5.74, 6) is -0.825. The Kier molecular flexibility index (Phi) is 6.24. The predicted molar refractivity (Wildman–Crippen MR) is 126 cm³/mol. The molecule has 0 unspecified atom stereocenters. The lowest BCUT2D eigenvalue weighted by Crippen LogP contribution is -2.40. The first-order valence-electron chi connectivity index (χ1n) is 10.1. The van der Waals surface area contributed by atoms with Crippen molar-refractivity contribution in [3.63, 3.8) is 0 Å². The van der Waals surface area contributed by atoms with Gasteiger partial charge in [0.2, 0.25) is 5.75 Å². The molecule has 0 saturated carbocycles. The topological polar surface area (TPSA) is 131 Å². The molecule has 2 heterocycles. The van der Waals surface area contributed by atoms with Crippen LogP contribution < -0.4 is 24.6 Å². The normalized spacial score (nSPS) is 14.5. The van der Waals surface area contributed by atoms with Crippen LogP contribution >= 0.6 is 11.6 Å². The van der Waals surface area contributed by atoms with Crippen LogP contribution in [0.25, 0.3) is 5.69 Å². The van der Waals surface area contributed by atoms with E-state index in [2.05, 4.69) is 4.74 Å². The van der Waals surface area contributed by atoms with E-state index < -0.39 is 56.7 Å². The fourth-order valence-electron chi connectivity index (χ4n) is 3.77. The van der Waals surface area contributed by atoms with Gasteiger partial charge in [0, 0.05) is 14.1 Å². The summed E-state index contributed by atoms with van der Waals surface area (Å²) in [6.07, 6.45) is -5.90. The van der Waals surface area contributed by atoms with Crippen molar-refractivity contribution in [1.29, 1.82) is 0 Å². The molecule has 0 amide bonds. The van der Waals surface area contributed by atoms with E-state index in [4.69, 9.17) is 16.7 Å². The lowest BCUT2D eigenvalue weighted by atomic mass is 10.1. The number of alkyl halides is 3. The third kappa shape index (κ3) is 4.40. The van der Waals surface area contributed by atoms with Crippen LogP contribution in [0, 0.1) is 0 Å². The third-order valence-electron chi connectivity index (χ3n) is 5.66. The predicted octanol–water partition coefficient (Wildman–Crippen LogP) is 2.91. The number of halogens is 4. The summed E-state index contributed by atoms with van der Waals surface area (Å²) < 4.78 is 72.5. The summed E-state index contributed by atoms with van der Waals surface area (Å²) in [5, 5.41) is 8.29. The summed E-state index contributed by atoms with van der Waals surface area (Å²) >= 11 is 5.91. The van der Waals surface area contributed by atoms with Crippen LogP contribution in [0.1, 0.15) is 11.1 Å².